The molecular weight excluding hydrogens is 342 g/mol. The molecule has 2 rings (SSSR count). The third-order valence-electron chi connectivity index (χ3n) is 4.37. The molecule has 7 nitrogen and oxygen atoms in total. The van der Waals surface area contributed by atoms with E-state index in [0.29, 0.717) is 25.5 Å². The molecule has 1 fully saturated rings. The molecule has 2 amide bonds. The summed E-state index contributed by atoms with van der Waals surface area (Å²) in [4.78, 5) is 29.8. The number of nitrogens with one attached hydrogen (secondary N) is 3. The van der Waals surface area contributed by atoms with Crippen LogP contribution in [-0.4, -0.2) is 61.9 Å². The molecule has 1 heterocycles. The Labute approximate surface area is 161 Å². The average Bonchev–Trinajstić information content (AvgIpc) is 3.09. The van der Waals surface area contributed by atoms with Gasteiger partial charge in [-0.05, 0) is 31.7 Å². The molecule has 0 aliphatic carbocycles. The van der Waals surface area contributed by atoms with E-state index in [1.54, 1.807) is 0 Å². The number of carbonyl (C=O) groups is 2. The lowest BCUT2D eigenvalue weighted by molar-refractivity contribution is -0.127. The van der Waals surface area contributed by atoms with Gasteiger partial charge in [0.05, 0.1) is 0 Å². The van der Waals surface area contributed by atoms with Gasteiger partial charge in [-0.1, -0.05) is 30.3 Å². The van der Waals surface area contributed by atoms with Crippen molar-refractivity contribution in [2.45, 2.75) is 32.6 Å². The molecule has 0 atom stereocenters. The number of aliphatic imine (C=N–C) groups is 1. The van der Waals surface area contributed by atoms with Gasteiger partial charge in [0, 0.05) is 39.1 Å². The smallest absolute Gasteiger partial charge is 0.241 e. The number of benzene rings is 1. The Morgan fingerprint density at radius 3 is 2.67 bits per heavy atom. The predicted molar refractivity (Wildman–Crippen MR) is 108 cm³/mol. The van der Waals surface area contributed by atoms with Crippen LogP contribution in [0.15, 0.2) is 35.3 Å². The second-order valence-electron chi connectivity index (χ2n) is 6.55. The maximum absolute atomic E-state index is 12.0. The minimum absolute atomic E-state index is 0.0919. The summed E-state index contributed by atoms with van der Waals surface area (Å²) >= 11 is 0. The summed E-state index contributed by atoms with van der Waals surface area (Å²) < 4.78 is 0. The van der Waals surface area contributed by atoms with Crippen LogP contribution in [-0.2, 0) is 16.0 Å². The summed E-state index contributed by atoms with van der Waals surface area (Å²) in [5, 5.41) is 9.25. The number of rotatable bonds is 10. The summed E-state index contributed by atoms with van der Waals surface area (Å²) in [5.41, 5.74) is 1.20. The van der Waals surface area contributed by atoms with E-state index in [2.05, 4.69) is 20.9 Å². The number of carbonyl (C=O) groups excluding carboxylic acids is 2. The van der Waals surface area contributed by atoms with Crippen LogP contribution in [0.1, 0.15) is 31.7 Å². The van der Waals surface area contributed by atoms with Crippen molar-refractivity contribution < 1.29 is 9.59 Å². The second-order valence-corrected chi connectivity index (χ2v) is 6.55. The molecule has 1 aromatic carbocycles. The Hall–Kier alpha value is -2.57. The molecule has 148 valence electrons. The molecule has 0 spiro atoms. The van der Waals surface area contributed by atoms with Crippen molar-refractivity contribution >= 4 is 17.8 Å². The van der Waals surface area contributed by atoms with Crippen LogP contribution < -0.4 is 16.0 Å². The SMILES string of the molecule is CCNC(=NCC(=O)NCCc1ccccc1)NCCCN1CCCC1=O. The maximum Gasteiger partial charge on any atom is 0.241 e. The number of guanidine groups is 1. The van der Waals surface area contributed by atoms with Gasteiger partial charge in [0.1, 0.15) is 6.54 Å². The van der Waals surface area contributed by atoms with E-state index in [4.69, 9.17) is 0 Å². The van der Waals surface area contributed by atoms with Gasteiger partial charge in [-0.3, -0.25) is 9.59 Å². The van der Waals surface area contributed by atoms with Crippen molar-refractivity contribution in [3.05, 3.63) is 35.9 Å². The zero-order valence-electron chi connectivity index (χ0n) is 16.2. The Balaban J connectivity index is 1.63. The molecule has 0 saturated carbocycles. The van der Waals surface area contributed by atoms with Crippen LogP contribution in [0.25, 0.3) is 0 Å². The van der Waals surface area contributed by atoms with Crippen LogP contribution in [0.5, 0.6) is 0 Å². The second kappa shape index (κ2) is 11.9. The molecule has 0 radical (unpaired) electrons. The number of nitrogens with zero attached hydrogens (tertiary/aromatic N) is 2. The highest BCUT2D eigenvalue weighted by Gasteiger charge is 2.18. The Kier molecular flexibility index (Phi) is 9.17. The Bertz CT molecular complexity index is 618. The number of amides is 2. The first kappa shape index (κ1) is 20.7. The Morgan fingerprint density at radius 2 is 1.96 bits per heavy atom. The summed E-state index contributed by atoms with van der Waals surface area (Å²) in [7, 11) is 0. The minimum atomic E-state index is -0.0919. The lowest BCUT2D eigenvalue weighted by Crippen LogP contribution is -2.40. The molecule has 3 N–H and O–H groups in total. The van der Waals surface area contributed by atoms with E-state index in [-0.39, 0.29) is 18.4 Å². The monoisotopic (exact) mass is 373 g/mol. The fourth-order valence-electron chi connectivity index (χ4n) is 2.96. The summed E-state index contributed by atoms with van der Waals surface area (Å²) in [6, 6.07) is 10.1. The van der Waals surface area contributed by atoms with Gasteiger partial charge in [-0.15, -0.1) is 0 Å². The molecule has 7 heteroatoms. The molecular formula is C20H31N5O2. The standard InChI is InChI=1S/C20H31N5O2/c1-2-21-20(23-12-7-15-25-14-6-10-19(25)27)24-16-18(26)22-13-11-17-8-4-3-5-9-17/h3-5,8-9H,2,6-7,10-16H2,1H3,(H,22,26)(H2,21,23,24). The quantitative estimate of drug-likeness (QED) is 0.323. The zero-order valence-corrected chi connectivity index (χ0v) is 16.2. The maximum atomic E-state index is 12.0. The lowest BCUT2D eigenvalue weighted by Gasteiger charge is -2.16. The van der Waals surface area contributed by atoms with Gasteiger partial charge in [-0.2, -0.15) is 0 Å². The molecule has 0 aromatic heterocycles. The third-order valence-corrected chi connectivity index (χ3v) is 4.37. The average molecular weight is 374 g/mol. The van der Waals surface area contributed by atoms with Crippen LogP contribution in [0.2, 0.25) is 0 Å². The summed E-state index contributed by atoms with van der Waals surface area (Å²) in [6.07, 6.45) is 3.32. The Morgan fingerprint density at radius 1 is 1.15 bits per heavy atom. The molecule has 1 aromatic rings. The van der Waals surface area contributed by atoms with Crippen molar-refractivity contribution in [2.24, 2.45) is 4.99 Å². The van der Waals surface area contributed by atoms with Gasteiger partial charge in [0.2, 0.25) is 11.8 Å². The fraction of sp³-hybridized carbons (Fsp3) is 0.550. The topological polar surface area (TPSA) is 85.8 Å². The first-order chi connectivity index (χ1) is 13.2. The molecule has 0 bridgehead atoms. The van der Waals surface area contributed by atoms with Gasteiger partial charge in [0.25, 0.3) is 0 Å². The van der Waals surface area contributed by atoms with E-state index in [1.165, 1.54) is 5.56 Å². The van der Waals surface area contributed by atoms with Crippen LogP contribution in [0.3, 0.4) is 0 Å². The van der Waals surface area contributed by atoms with Crippen molar-refractivity contribution in [2.75, 3.05) is 39.3 Å². The van der Waals surface area contributed by atoms with E-state index >= 15 is 0 Å². The van der Waals surface area contributed by atoms with E-state index in [1.807, 2.05) is 42.2 Å². The van der Waals surface area contributed by atoms with E-state index in [9.17, 15) is 9.59 Å². The third kappa shape index (κ3) is 8.11. The van der Waals surface area contributed by atoms with Crippen LogP contribution in [0, 0.1) is 0 Å². The highest BCUT2D eigenvalue weighted by Crippen LogP contribution is 2.09. The normalized spacial score (nSPS) is 14.3. The zero-order chi connectivity index (χ0) is 19.3. The van der Waals surface area contributed by atoms with Gasteiger partial charge >= 0.3 is 0 Å². The number of hydrogen-bond acceptors (Lipinski definition) is 3. The van der Waals surface area contributed by atoms with Crippen molar-refractivity contribution in [3.8, 4) is 0 Å². The molecule has 1 aliphatic rings. The lowest BCUT2D eigenvalue weighted by atomic mass is 10.1. The van der Waals surface area contributed by atoms with Crippen molar-refractivity contribution in [1.29, 1.82) is 0 Å². The van der Waals surface area contributed by atoms with Gasteiger partial charge < -0.3 is 20.9 Å². The van der Waals surface area contributed by atoms with Gasteiger partial charge in [0.15, 0.2) is 5.96 Å². The highest BCUT2D eigenvalue weighted by molar-refractivity contribution is 5.84. The van der Waals surface area contributed by atoms with E-state index in [0.717, 1.165) is 38.9 Å². The first-order valence-electron chi connectivity index (χ1n) is 9.79. The number of hydrogen-bond donors (Lipinski definition) is 3. The van der Waals surface area contributed by atoms with Crippen LogP contribution >= 0.6 is 0 Å². The van der Waals surface area contributed by atoms with Crippen LogP contribution in [0.4, 0.5) is 0 Å². The summed E-state index contributed by atoms with van der Waals surface area (Å²) in [6.45, 7) is 5.76. The molecule has 1 aliphatic heterocycles. The fourth-order valence-corrected chi connectivity index (χ4v) is 2.96. The number of likely N-dealkylation sites (tertiary alicyclic amines) is 1. The predicted octanol–water partition coefficient (Wildman–Crippen LogP) is 0.913. The van der Waals surface area contributed by atoms with E-state index < -0.39 is 0 Å². The van der Waals surface area contributed by atoms with Crippen molar-refractivity contribution in [3.63, 3.8) is 0 Å². The molecule has 1 saturated heterocycles. The molecule has 0 unspecified atom stereocenters. The van der Waals surface area contributed by atoms with Crippen molar-refractivity contribution in [1.82, 2.24) is 20.9 Å². The largest absolute Gasteiger partial charge is 0.357 e. The minimum Gasteiger partial charge on any atom is -0.357 e. The molecule has 27 heavy (non-hydrogen) atoms. The highest BCUT2D eigenvalue weighted by atomic mass is 16.2. The first-order valence-corrected chi connectivity index (χ1v) is 9.79. The van der Waals surface area contributed by atoms with Gasteiger partial charge in [-0.25, -0.2) is 4.99 Å². The summed E-state index contributed by atoms with van der Waals surface area (Å²) in [5.74, 6) is 0.789.